The number of rotatable bonds is 7. The smallest absolute Gasteiger partial charge is 0.450 e. The summed E-state index contributed by atoms with van der Waals surface area (Å²) in [6, 6.07) is 9.11. The van der Waals surface area contributed by atoms with Crippen molar-refractivity contribution in [2.75, 3.05) is 13.2 Å². The van der Waals surface area contributed by atoms with E-state index in [2.05, 4.69) is 10.1 Å². The molecule has 3 N–H and O–H groups in total. The molecule has 2 amide bonds. The van der Waals surface area contributed by atoms with Crippen LogP contribution < -0.4 is 15.8 Å². The SMILES string of the molecule is NC(=O)OCCC[C@H]1CNC(=O)c2cc(-c3cccc(OC(F)(F)F)c3)c(-c3ccsc3)n21. The highest BCUT2D eigenvalue weighted by molar-refractivity contribution is 7.08. The summed E-state index contributed by atoms with van der Waals surface area (Å²) in [6.07, 6.45) is -4.56. The van der Waals surface area contributed by atoms with E-state index in [0.717, 1.165) is 11.3 Å². The zero-order valence-corrected chi connectivity index (χ0v) is 18.0. The molecule has 0 unspecified atom stereocenters. The van der Waals surface area contributed by atoms with Crippen LogP contribution in [0.5, 0.6) is 5.75 Å². The number of benzene rings is 1. The second-order valence-corrected chi connectivity index (χ2v) is 8.20. The molecule has 33 heavy (non-hydrogen) atoms. The highest BCUT2D eigenvalue weighted by Crippen LogP contribution is 2.41. The van der Waals surface area contributed by atoms with Crippen LogP contribution in [-0.4, -0.2) is 36.1 Å². The molecule has 7 nitrogen and oxygen atoms in total. The van der Waals surface area contributed by atoms with Gasteiger partial charge >= 0.3 is 12.5 Å². The van der Waals surface area contributed by atoms with E-state index in [1.165, 1.54) is 29.5 Å². The molecule has 1 aliphatic heterocycles. The van der Waals surface area contributed by atoms with E-state index in [9.17, 15) is 22.8 Å². The van der Waals surface area contributed by atoms with Crippen molar-refractivity contribution in [2.45, 2.75) is 25.2 Å². The fraction of sp³-hybridized carbons (Fsp3) is 0.273. The fourth-order valence-corrected chi connectivity index (χ4v) is 4.61. The van der Waals surface area contributed by atoms with Gasteiger partial charge in [-0.05, 0) is 48.1 Å². The van der Waals surface area contributed by atoms with E-state index in [-0.39, 0.29) is 24.3 Å². The number of carbonyl (C=O) groups is 2. The molecule has 174 valence electrons. The molecule has 3 heterocycles. The second kappa shape index (κ2) is 9.18. The fourth-order valence-electron chi connectivity index (χ4n) is 3.97. The minimum absolute atomic E-state index is 0.146. The van der Waals surface area contributed by atoms with Crippen molar-refractivity contribution >= 4 is 23.3 Å². The third-order valence-corrected chi connectivity index (χ3v) is 5.92. The van der Waals surface area contributed by atoms with Gasteiger partial charge in [0.25, 0.3) is 5.91 Å². The Kier molecular flexibility index (Phi) is 6.32. The van der Waals surface area contributed by atoms with Gasteiger partial charge in [0.05, 0.1) is 18.3 Å². The number of ether oxygens (including phenoxy) is 2. The number of hydrogen-bond acceptors (Lipinski definition) is 5. The van der Waals surface area contributed by atoms with Crippen LogP contribution in [-0.2, 0) is 4.74 Å². The zero-order valence-electron chi connectivity index (χ0n) is 17.2. The predicted molar refractivity (Wildman–Crippen MR) is 116 cm³/mol. The van der Waals surface area contributed by atoms with Crippen molar-refractivity contribution in [2.24, 2.45) is 5.73 Å². The second-order valence-electron chi connectivity index (χ2n) is 7.42. The summed E-state index contributed by atoms with van der Waals surface area (Å²) in [5.41, 5.74) is 8.09. The van der Waals surface area contributed by atoms with Gasteiger partial charge in [0.2, 0.25) is 0 Å². The van der Waals surface area contributed by atoms with E-state index in [1.54, 1.807) is 12.1 Å². The first-order valence-electron chi connectivity index (χ1n) is 10.1. The van der Waals surface area contributed by atoms with Crippen molar-refractivity contribution in [3.63, 3.8) is 0 Å². The molecule has 11 heteroatoms. The molecule has 4 rings (SSSR count). The third-order valence-electron chi connectivity index (χ3n) is 5.23. The van der Waals surface area contributed by atoms with Crippen molar-refractivity contribution in [3.05, 3.63) is 52.9 Å². The maximum Gasteiger partial charge on any atom is 0.573 e. The maximum absolute atomic E-state index is 12.7. The average Bonchev–Trinajstić information content (AvgIpc) is 3.39. The first-order valence-corrected chi connectivity index (χ1v) is 11.0. The minimum Gasteiger partial charge on any atom is -0.450 e. The minimum atomic E-state index is -4.81. The van der Waals surface area contributed by atoms with Crippen LogP contribution in [0.25, 0.3) is 22.4 Å². The summed E-state index contributed by atoms with van der Waals surface area (Å²) in [4.78, 5) is 23.5. The number of nitrogens with zero attached hydrogens (tertiary/aromatic N) is 1. The highest BCUT2D eigenvalue weighted by atomic mass is 32.1. The van der Waals surface area contributed by atoms with Crippen LogP contribution in [0.15, 0.2) is 47.2 Å². The number of amides is 2. The molecule has 1 aliphatic rings. The molecule has 0 fully saturated rings. The molecule has 0 spiro atoms. The number of carbonyl (C=O) groups excluding carboxylic acids is 2. The van der Waals surface area contributed by atoms with Gasteiger partial charge in [-0.1, -0.05) is 12.1 Å². The van der Waals surface area contributed by atoms with Crippen LogP contribution in [0.2, 0.25) is 0 Å². The van der Waals surface area contributed by atoms with Gasteiger partial charge in [-0.3, -0.25) is 4.79 Å². The molecule has 0 bridgehead atoms. The van der Waals surface area contributed by atoms with E-state index in [1.807, 2.05) is 21.4 Å². The number of aromatic nitrogens is 1. The number of halogens is 3. The number of hydrogen-bond donors (Lipinski definition) is 2. The highest BCUT2D eigenvalue weighted by Gasteiger charge is 2.33. The Labute approximate surface area is 190 Å². The lowest BCUT2D eigenvalue weighted by atomic mass is 10.0. The van der Waals surface area contributed by atoms with Crippen LogP contribution in [0.3, 0.4) is 0 Å². The van der Waals surface area contributed by atoms with Gasteiger partial charge in [-0.2, -0.15) is 11.3 Å². The number of alkyl halides is 3. The molecule has 0 radical (unpaired) electrons. The number of nitrogens with one attached hydrogen (secondary N) is 1. The number of fused-ring (bicyclic) bond motifs is 1. The first kappa shape index (κ1) is 22.7. The Morgan fingerprint density at radius 1 is 1.24 bits per heavy atom. The summed E-state index contributed by atoms with van der Waals surface area (Å²) in [6.45, 7) is 0.513. The molecule has 0 saturated heterocycles. The van der Waals surface area contributed by atoms with Crippen molar-refractivity contribution in [1.29, 1.82) is 0 Å². The van der Waals surface area contributed by atoms with Crippen molar-refractivity contribution < 1.29 is 32.2 Å². The molecular weight excluding hydrogens is 459 g/mol. The first-order chi connectivity index (χ1) is 15.7. The molecule has 0 saturated carbocycles. The largest absolute Gasteiger partial charge is 0.573 e. The van der Waals surface area contributed by atoms with Crippen molar-refractivity contribution in [1.82, 2.24) is 9.88 Å². The lowest BCUT2D eigenvalue weighted by Crippen LogP contribution is -2.39. The summed E-state index contributed by atoms with van der Waals surface area (Å²) in [5, 5.41) is 6.66. The molecule has 2 aromatic heterocycles. The number of nitrogens with two attached hydrogens (primary N) is 1. The van der Waals surface area contributed by atoms with Gasteiger partial charge in [-0.25, -0.2) is 4.79 Å². The van der Waals surface area contributed by atoms with E-state index in [4.69, 9.17) is 10.5 Å². The monoisotopic (exact) mass is 479 g/mol. The van der Waals surface area contributed by atoms with E-state index >= 15 is 0 Å². The molecule has 3 aromatic rings. The Hall–Kier alpha value is -3.47. The van der Waals surface area contributed by atoms with E-state index < -0.39 is 12.5 Å². The maximum atomic E-state index is 12.7. The Morgan fingerprint density at radius 2 is 2.06 bits per heavy atom. The van der Waals surface area contributed by atoms with Crippen molar-refractivity contribution in [3.8, 4) is 28.1 Å². The number of primary amides is 1. The molecule has 1 aromatic carbocycles. The lowest BCUT2D eigenvalue weighted by Gasteiger charge is -2.28. The van der Waals surface area contributed by atoms with Crippen LogP contribution >= 0.6 is 11.3 Å². The van der Waals surface area contributed by atoms with Gasteiger partial charge < -0.3 is 25.1 Å². The summed E-state index contributed by atoms with van der Waals surface area (Å²) < 4.78 is 49.1. The molecule has 1 atom stereocenters. The van der Waals surface area contributed by atoms with Gasteiger partial charge in [-0.15, -0.1) is 13.2 Å². The summed E-state index contributed by atoms with van der Waals surface area (Å²) in [7, 11) is 0. The van der Waals surface area contributed by atoms with Crippen LogP contribution in [0, 0.1) is 0 Å². The number of thiophene rings is 1. The van der Waals surface area contributed by atoms with Gasteiger partial charge in [0, 0.05) is 23.1 Å². The Bertz CT molecular complexity index is 1160. The van der Waals surface area contributed by atoms with E-state index in [0.29, 0.717) is 36.2 Å². The molecular formula is C22H20F3N3O4S. The summed E-state index contributed by atoms with van der Waals surface area (Å²) >= 11 is 1.47. The Balaban J connectivity index is 1.77. The normalized spacial score (nSPS) is 15.6. The zero-order chi connectivity index (χ0) is 23.6. The predicted octanol–water partition coefficient (Wildman–Crippen LogP) is 4.94. The van der Waals surface area contributed by atoms with Gasteiger partial charge in [0.1, 0.15) is 11.4 Å². The van der Waals surface area contributed by atoms with Crippen LogP contribution in [0.1, 0.15) is 29.4 Å². The standard InChI is InChI=1S/C22H20F3N3O4S/c23-22(24,25)32-16-5-1-3-13(9-16)17-10-18-20(29)27-11-15(4-2-7-31-21(26)30)28(18)19(17)14-6-8-33-12-14/h1,3,5-6,8-10,12,15H,2,4,7,11H2,(H2,26,30)(H,27,29)/t15-/m0/s1. The van der Waals surface area contributed by atoms with Gasteiger partial charge in [0.15, 0.2) is 0 Å². The molecule has 0 aliphatic carbocycles. The van der Waals surface area contributed by atoms with Crippen LogP contribution in [0.4, 0.5) is 18.0 Å². The topological polar surface area (TPSA) is 95.6 Å². The summed E-state index contributed by atoms with van der Waals surface area (Å²) in [5.74, 6) is -0.616. The quantitative estimate of drug-likeness (QED) is 0.469. The average molecular weight is 479 g/mol. The Morgan fingerprint density at radius 3 is 2.76 bits per heavy atom. The lowest BCUT2D eigenvalue weighted by molar-refractivity contribution is -0.274. The third kappa shape index (κ3) is 5.14.